The van der Waals surface area contributed by atoms with Gasteiger partial charge in [0.25, 0.3) is 0 Å². The molecule has 0 bridgehead atoms. The second-order valence-electron chi connectivity index (χ2n) is 8.52. The summed E-state index contributed by atoms with van der Waals surface area (Å²) in [5.41, 5.74) is -0.726. The number of hydrogen-bond acceptors (Lipinski definition) is 5. The summed E-state index contributed by atoms with van der Waals surface area (Å²) in [4.78, 5) is 22.5. The molecule has 1 fully saturated rings. The summed E-state index contributed by atoms with van der Waals surface area (Å²) in [5, 5.41) is 14.3. The van der Waals surface area contributed by atoms with Crippen LogP contribution in [0.1, 0.15) is 52.9 Å². The third kappa shape index (κ3) is 5.07. The number of carboxylic acids is 1. The Balaban J connectivity index is 1.93. The van der Waals surface area contributed by atoms with Gasteiger partial charge in [-0.05, 0) is 36.1 Å². The van der Waals surface area contributed by atoms with Crippen molar-refractivity contribution in [3.05, 3.63) is 42.5 Å². The van der Waals surface area contributed by atoms with Gasteiger partial charge in [0, 0.05) is 18.2 Å². The van der Waals surface area contributed by atoms with Crippen LogP contribution in [0.3, 0.4) is 0 Å². The molecule has 0 heterocycles. The average molecular weight is 399 g/mol. The molecule has 0 radical (unpaired) electrons. The van der Waals surface area contributed by atoms with E-state index in [-0.39, 0.29) is 5.41 Å². The molecule has 6 heteroatoms. The third-order valence-electron chi connectivity index (χ3n) is 5.47. The molecular formula is C23H29NO5. The number of carboxylic acid groups (broad SMARTS) is 1. The highest BCUT2D eigenvalue weighted by Gasteiger charge is 2.44. The number of ether oxygens (including phenoxy) is 2. The minimum absolute atomic E-state index is 0.0327. The minimum atomic E-state index is -1.60. The van der Waals surface area contributed by atoms with Gasteiger partial charge in [-0.15, -0.1) is 0 Å². The van der Waals surface area contributed by atoms with Crippen molar-refractivity contribution in [2.24, 2.45) is 5.41 Å². The zero-order chi connectivity index (χ0) is 21.1. The van der Waals surface area contributed by atoms with Crippen LogP contribution in [-0.4, -0.2) is 29.0 Å². The van der Waals surface area contributed by atoms with Gasteiger partial charge in [-0.25, -0.2) is 14.9 Å². The van der Waals surface area contributed by atoms with Gasteiger partial charge < -0.3 is 14.6 Å². The van der Waals surface area contributed by atoms with Gasteiger partial charge in [0.05, 0.1) is 0 Å². The predicted octanol–water partition coefficient (Wildman–Crippen LogP) is 4.47. The first-order chi connectivity index (χ1) is 13.7. The highest BCUT2D eigenvalue weighted by atomic mass is 16.6. The van der Waals surface area contributed by atoms with E-state index < -0.39 is 23.9 Å². The van der Waals surface area contributed by atoms with Gasteiger partial charge in [0.1, 0.15) is 5.75 Å². The lowest BCUT2D eigenvalue weighted by Gasteiger charge is -2.46. The number of aliphatic carboxylic acids is 1. The molecule has 0 spiro atoms. The lowest BCUT2D eigenvalue weighted by Crippen LogP contribution is -2.59. The van der Waals surface area contributed by atoms with Gasteiger partial charge >= 0.3 is 11.9 Å². The largest absolute Gasteiger partial charge is 0.473 e. The molecule has 6 nitrogen and oxygen atoms in total. The van der Waals surface area contributed by atoms with Gasteiger partial charge in [0.2, 0.25) is 0 Å². The Labute approximate surface area is 171 Å². The van der Waals surface area contributed by atoms with Crippen LogP contribution >= 0.6 is 0 Å². The maximum absolute atomic E-state index is 11.6. The molecule has 29 heavy (non-hydrogen) atoms. The number of hydrogen-bond donors (Lipinski definition) is 2. The van der Waals surface area contributed by atoms with Crippen molar-refractivity contribution in [1.82, 2.24) is 5.32 Å². The van der Waals surface area contributed by atoms with Crippen LogP contribution in [0.4, 0.5) is 0 Å². The molecule has 2 aromatic carbocycles. The summed E-state index contributed by atoms with van der Waals surface area (Å²) in [6.07, 6.45) is 3.16. The molecule has 0 aromatic heterocycles. The Morgan fingerprint density at radius 1 is 1.14 bits per heavy atom. The maximum Gasteiger partial charge on any atom is 0.418 e. The number of fused-ring (bicyclic) bond motifs is 1. The summed E-state index contributed by atoms with van der Waals surface area (Å²) in [6, 6.07) is 14.0. The number of carbonyl (C=O) groups is 2. The van der Waals surface area contributed by atoms with E-state index in [0.29, 0.717) is 12.8 Å². The van der Waals surface area contributed by atoms with Gasteiger partial charge in [-0.3, -0.25) is 0 Å². The van der Waals surface area contributed by atoms with Crippen LogP contribution < -0.4 is 10.1 Å². The molecular weight excluding hydrogens is 370 g/mol. The molecule has 2 aromatic rings. The highest BCUT2D eigenvalue weighted by Crippen LogP contribution is 2.43. The highest BCUT2D eigenvalue weighted by molar-refractivity contribution is 6.28. The van der Waals surface area contributed by atoms with Crippen LogP contribution in [0.15, 0.2) is 42.5 Å². The fourth-order valence-electron chi connectivity index (χ4n) is 4.23. The van der Waals surface area contributed by atoms with Crippen LogP contribution in [0.2, 0.25) is 0 Å². The van der Waals surface area contributed by atoms with E-state index in [0.717, 1.165) is 35.8 Å². The van der Waals surface area contributed by atoms with Crippen molar-refractivity contribution in [2.45, 2.75) is 64.8 Å². The molecule has 2 unspecified atom stereocenters. The lowest BCUT2D eigenvalue weighted by molar-refractivity contribution is -0.172. The SMILES string of the molecule is CCC(NC1(Oc2cccc3ccccc23)CCCC(C)(C)C1)OC(=O)C(=O)O. The Hall–Kier alpha value is -2.60. The lowest BCUT2D eigenvalue weighted by atomic mass is 9.73. The van der Waals surface area contributed by atoms with E-state index in [1.807, 2.05) is 49.4 Å². The van der Waals surface area contributed by atoms with Gasteiger partial charge in [-0.2, -0.15) is 0 Å². The molecule has 0 aliphatic heterocycles. The summed E-state index contributed by atoms with van der Waals surface area (Å²) < 4.78 is 11.8. The number of benzene rings is 2. The first-order valence-electron chi connectivity index (χ1n) is 10.1. The van der Waals surface area contributed by atoms with Crippen molar-refractivity contribution in [3.63, 3.8) is 0 Å². The van der Waals surface area contributed by atoms with Crippen molar-refractivity contribution in [1.29, 1.82) is 0 Å². The van der Waals surface area contributed by atoms with E-state index in [1.54, 1.807) is 0 Å². The van der Waals surface area contributed by atoms with Crippen molar-refractivity contribution in [3.8, 4) is 5.75 Å². The first-order valence-corrected chi connectivity index (χ1v) is 10.1. The molecule has 0 amide bonds. The smallest absolute Gasteiger partial charge is 0.418 e. The number of nitrogens with one attached hydrogen (secondary N) is 1. The Morgan fingerprint density at radius 2 is 1.86 bits per heavy atom. The molecule has 0 saturated heterocycles. The zero-order valence-electron chi connectivity index (χ0n) is 17.2. The Kier molecular flexibility index (Phi) is 6.13. The molecule has 1 saturated carbocycles. The van der Waals surface area contributed by atoms with Crippen LogP contribution in [0.25, 0.3) is 10.8 Å². The summed E-state index contributed by atoms with van der Waals surface area (Å²) in [7, 11) is 0. The third-order valence-corrected chi connectivity index (χ3v) is 5.47. The quantitative estimate of drug-likeness (QED) is 0.424. The second-order valence-corrected chi connectivity index (χ2v) is 8.52. The van der Waals surface area contributed by atoms with Crippen LogP contribution in [0, 0.1) is 5.41 Å². The molecule has 3 rings (SSSR count). The normalized spacial score (nSPS) is 22.0. The Bertz CT molecular complexity index is 888. The average Bonchev–Trinajstić information content (AvgIpc) is 2.66. The monoisotopic (exact) mass is 399 g/mol. The van der Waals surface area contributed by atoms with Gasteiger partial charge in [0.15, 0.2) is 12.0 Å². The van der Waals surface area contributed by atoms with Crippen LogP contribution in [-0.2, 0) is 14.3 Å². The number of carbonyl (C=O) groups excluding carboxylic acids is 1. The molecule has 2 atom stereocenters. The van der Waals surface area contributed by atoms with E-state index >= 15 is 0 Å². The summed E-state index contributed by atoms with van der Waals surface area (Å²) in [6.45, 7) is 6.23. The van der Waals surface area contributed by atoms with Crippen molar-refractivity contribution in [2.75, 3.05) is 0 Å². The second kappa shape index (κ2) is 8.41. The topological polar surface area (TPSA) is 84.9 Å². The fraction of sp³-hybridized carbons (Fsp3) is 0.478. The van der Waals surface area contributed by atoms with Crippen LogP contribution in [0.5, 0.6) is 5.75 Å². The summed E-state index contributed by atoms with van der Waals surface area (Å²) in [5.74, 6) is -2.11. The molecule has 1 aliphatic carbocycles. The summed E-state index contributed by atoms with van der Waals surface area (Å²) >= 11 is 0. The predicted molar refractivity (Wildman–Crippen MR) is 110 cm³/mol. The van der Waals surface area contributed by atoms with E-state index in [9.17, 15) is 9.59 Å². The van der Waals surface area contributed by atoms with E-state index in [1.165, 1.54) is 0 Å². The fourth-order valence-corrected chi connectivity index (χ4v) is 4.23. The van der Waals surface area contributed by atoms with Crippen molar-refractivity contribution >= 4 is 22.7 Å². The van der Waals surface area contributed by atoms with Crippen molar-refractivity contribution < 1.29 is 24.2 Å². The number of esters is 1. The standard InChI is InChI=1S/C23H29NO5/c1-4-19(28-21(27)20(25)26)24-23(14-8-13-22(2,3)15-23)29-18-12-7-10-16-9-5-6-11-17(16)18/h5-7,9-12,19,24H,4,8,13-15H2,1-3H3,(H,25,26). The minimum Gasteiger partial charge on any atom is -0.473 e. The zero-order valence-corrected chi connectivity index (χ0v) is 17.2. The van der Waals surface area contributed by atoms with Gasteiger partial charge in [-0.1, -0.05) is 57.2 Å². The molecule has 2 N–H and O–H groups in total. The molecule has 1 aliphatic rings. The van der Waals surface area contributed by atoms with E-state index in [2.05, 4.69) is 19.2 Å². The Morgan fingerprint density at radius 3 is 2.55 bits per heavy atom. The molecule has 156 valence electrons. The maximum atomic E-state index is 11.6. The van der Waals surface area contributed by atoms with E-state index in [4.69, 9.17) is 14.6 Å². The first kappa shape index (κ1) is 21.1. The number of rotatable bonds is 6.